The van der Waals surface area contributed by atoms with Crippen LogP contribution in [0.5, 0.6) is 0 Å². The maximum absolute atomic E-state index is 14.7. The number of hydrogen-bond donors (Lipinski definition) is 3. The van der Waals surface area contributed by atoms with Crippen molar-refractivity contribution < 1.29 is 32.8 Å². The summed E-state index contributed by atoms with van der Waals surface area (Å²) >= 11 is 0. The van der Waals surface area contributed by atoms with Gasteiger partial charge in [-0.3, -0.25) is 38.8 Å². The minimum atomic E-state index is -2.67. The first-order valence-corrected chi connectivity index (χ1v) is 22.6. The highest BCUT2D eigenvalue weighted by Gasteiger charge is 2.45. The molecule has 1 atom stereocenters. The van der Waals surface area contributed by atoms with Gasteiger partial charge in [0.05, 0.1) is 29.9 Å². The fourth-order valence-corrected chi connectivity index (χ4v) is 10.2. The number of nitrogens with one attached hydrogen (secondary N) is 3. The van der Waals surface area contributed by atoms with Crippen molar-refractivity contribution in [3.63, 3.8) is 0 Å². The number of amides is 6. The highest BCUT2D eigenvalue weighted by Crippen LogP contribution is 2.44. The van der Waals surface area contributed by atoms with E-state index >= 15 is 0 Å². The quantitative estimate of drug-likeness (QED) is 0.112. The lowest BCUT2D eigenvalue weighted by Crippen LogP contribution is -2.54. The number of likely N-dealkylation sites (tertiary alicyclic amines) is 1. The number of aromatic nitrogens is 4. The van der Waals surface area contributed by atoms with Crippen LogP contribution in [0.2, 0.25) is 0 Å². The zero-order chi connectivity index (χ0) is 44.6. The first kappa shape index (κ1) is 43.1. The number of piperidine rings is 2. The molecule has 0 bridgehead atoms. The zero-order valence-corrected chi connectivity index (χ0v) is 36.4. The molecule has 7 heterocycles. The number of carbonyl (C=O) groups excluding carboxylic acids is 5. The van der Waals surface area contributed by atoms with Crippen LogP contribution in [0.15, 0.2) is 42.7 Å². The van der Waals surface area contributed by atoms with Crippen molar-refractivity contribution >= 4 is 46.9 Å². The summed E-state index contributed by atoms with van der Waals surface area (Å²) in [5.41, 5.74) is 6.09. The highest BCUT2D eigenvalue weighted by atomic mass is 19.3. The van der Waals surface area contributed by atoms with Crippen molar-refractivity contribution in [2.45, 2.75) is 95.7 Å². The summed E-state index contributed by atoms with van der Waals surface area (Å²) < 4.78 is 33.3. The van der Waals surface area contributed by atoms with E-state index < -0.39 is 36.1 Å². The molecule has 2 fully saturated rings. The average molecular weight is 880 g/mol. The van der Waals surface area contributed by atoms with Crippen LogP contribution in [0.25, 0.3) is 11.1 Å². The number of nitrogens with zero attached hydrogens (tertiary/aromatic N) is 8. The normalized spacial score (nSPS) is 19.3. The molecule has 6 amide bonds. The van der Waals surface area contributed by atoms with Crippen LogP contribution in [0.1, 0.15) is 113 Å². The van der Waals surface area contributed by atoms with Crippen molar-refractivity contribution in [3.8, 4) is 11.1 Å². The van der Waals surface area contributed by atoms with Gasteiger partial charge in [-0.1, -0.05) is 18.9 Å². The maximum atomic E-state index is 14.7. The predicted octanol–water partition coefficient (Wildman–Crippen LogP) is 5.71. The van der Waals surface area contributed by atoms with Crippen LogP contribution >= 0.6 is 0 Å². The van der Waals surface area contributed by atoms with Crippen molar-refractivity contribution in [1.82, 2.24) is 44.9 Å². The fourth-order valence-electron chi connectivity index (χ4n) is 10.2. The number of carbonyl (C=O) groups is 5. The molecular formula is C46H55F2N11O5. The molecule has 0 spiro atoms. The largest absolute Gasteiger partial charge is 0.384 e. The smallest absolute Gasteiger partial charge is 0.317 e. The number of rotatable bonds is 13. The number of hydrogen-bond acceptors (Lipinski definition) is 10. The van der Waals surface area contributed by atoms with E-state index in [9.17, 15) is 32.8 Å². The lowest BCUT2D eigenvalue weighted by atomic mass is 9.92. The molecule has 3 N–H and O–H groups in total. The Morgan fingerprint density at radius 2 is 1.75 bits per heavy atom. The van der Waals surface area contributed by atoms with E-state index in [0.29, 0.717) is 49.4 Å². The summed E-state index contributed by atoms with van der Waals surface area (Å²) in [6.45, 7) is 5.09. The lowest BCUT2D eigenvalue weighted by molar-refractivity contribution is -0.136. The zero-order valence-electron chi connectivity index (χ0n) is 36.4. The van der Waals surface area contributed by atoms with Crippen LogP contribution in [0.3, 0.4) is 0 Å². The summed E-state index contributed by atoms with van der Waals surface area (Å²) in [4.78, 5) is 71.0. The third kappa shape index (κ3) is 8.23. The van der Waals surface area contributed by atoms with Gasteiger partial charge in [0.25, 0.3) is 18.2 Å². The maximum Gasteiger partial charge on any atom is 0.317 e. The Balaban J connectivity index is 0.806. The summed E-state index contributed by atoms with van der Waals surface area (Å²) in [5, 5.41) is 17.9. The molecule has 9 rings (SSSR count). The van der Waals surface area contributed by atoms with E-state index in [4.69, 9.17) is 5.10 Å². The highest BCUT2D eigenvalue weighted by molar-refractivity contribution is 6.25. The Morgan fingerprint density at radius 1 is 0.938 bits per heavy atom. The predicted molar refractivity (Wildman–Crippen MR) is 235 cm³/mol. The summed E-state index contributed by atoms with van der Waals surface area (Å²) in [6.07, 6.45) is 9.00. The van der Waals surface area contributed by atoms with Gasteiger partial charge in [0.2, 0.25) is 11.8 Å². The van der Waals surface area contributed by atoms with Crippen LogP contribution in [0.4, 0.5) is 30.8 Å². The molecule has 338 valence electrons. The van der Waals surface area contributed by atoms with Crippen LogP contribution in [-0.2, 0) is 36.0 Å². The Morgan fingerprint density at radius 3 is 2.50 bits per heavy atom. The molecule has 0 aliphatic carbocycles. The second kappa shape index (κ2) is 18.1. The van der Waals surface area contributed by atoms with E-state index in [1.165, 1.54) is 0 Å². The molecule has 2 saturated heterocycles. The number of fused-ring (bicyclic) bond motifs is 3. The Labute approximate surface area is 370 Å². The lowest BCUT2D eigenvalue weighted by Gasteiger charge is -2.34. The Hall–Kier alpha value is -6.17. The third-order valence-corrected chi connectivity index (χ3v) is 13.5. The molecule has 18 heteroatoms. The average Bonchev–Trinajstić information content (AvgIpc) is 3.98. The van der Waals surface area contributed by atoms with E-state index in [1.54, 1.807) is 60.3 Å². The molecule has 1 unspecified atom stereocenters. The van der Waals surface area contributed by atoms with Gasteiger partial charge in [0.15, 0.2) is 5.82 Å². The Bertz CT molecular complexity index is 2480. The van der Waals surface area contributed by atoms with Gasteiger partial charge in [0.1, 0.15) is 6.04 Å². The van der Waals surface area contributed by atoms with Gasteiger partial charge >= 0.3 is 6.03 Å². The second-order valence-electron chi connectivity index (χ2n) is 17.5. The first-order valence-electron chi connectivity index (χ1n) is 22.6. The van der Waals surface area contributed by atoms with E-state index in [1.807, 2.05) is 6.07 Å². The molecule has 64 heavy (non-hydrogen) atoms. The third-order valence-electron chi connectivity index (χ3n) is 13.5. The van der Waals surface area contributed by atoms with E-state index in [-0.39, 0.29) is 41.6 Å². The van der Waals surface area contributed by atoms with Crippen LogP contribution < -0.4 is 20.9 Å². The minimum absolute atomic E-state index is 0.0314. The number of alkyl halides is 2. The number of urea groups is 1. The second-order valence-corrected chi connectivity index (χ2v) is 17.5. The van der Waals surface area contributed by atoms with Crippen molar-refractivity contribution in [1.29, 1.82) is 0 Å². The number of halogens is 2. The van der Waals surface area contributed by atoms with Crippen molar-refractivity contribution in [2.75, 3.05) is 56.5 Å². The van der Waals surface area contributed by atoms with Crippen molar-refractivity contribution in [3.05, 3.63) is 76.2 Å². The number of anilines is 3. The van der Waals surface area contributed by atoms with E-state index in [0.717, 1.165) is 104 Å². The van der Waals surface area contributed by atoms with Gasteiger partial charge in [-0.05, 0) is 86.9 Å². The summed E-state index contributed by atoms with van der Waals surface area (Å²) in [5.74, 6) is -1.31. The molecule has 5 aliphatic rings. The number of aryl methyl sites for hydroxylation is 2. The number of benzene rings is 2. The first-order chi connectivity index (χ1) is 31.0. The van der Waals surface area contributed by atoms with Gasteiger partial charge in [-0.2, -0.15) is 10.2 Å². The SMILES string of the molecule is CNC(=O)N1CCc2c(c(N3CCCc4cc(-c5cnn(C)c5)c(C(F)F)cc43)nn2C2CCN(CCCCCCNc3cccc4c3C(=O)N(C3CCC(=O)NC3=O)C4=O)CC2)C1. The van der Waals surface area contributed by atoms with Crippen molar-refractivity contribution in [2.24, 2.45) is 7.05 Å². The molecule has 2 aromatic heterocycles. The summed E-state index contributed by atoms with van der Waals surface area (Å²) in [6, 6.07) is 7.67. The number of imide groups is 2. The standard InChI is InChI=1S/C46H55F2N11O5/c1-49-46(64)56-22-16-36-34(27-56)42(57-19-8-9-28-23-32(29-25-51-54(2)26-29)33(41(47)48)24-38(28)57)53-59(36)30-14-20-55(21-15-30)18-6-4-3-5-17-50-35-11-7-10-31-40(35)45(63)58(44(31)62)37-12-13-39(60)52-43(37)61/h7,10-11,23-26,30,37,41,50H,3-6,8-9,12-22,27H2,1-2H3,(H,49,64)(H,52,60,61). The molecule has 16 nitrogen and oxygen atoms in total. The molecule has 4 aromatic rings. The fraction of sp³-hybridized carbons (Fsp3) is 0.500. The van der Waals surface area contributed by atoms with Crippen LogP contribution in [0, 0.1) is 0 Å². The molecule has 0 radical (unpaired) electrons. The van der Waals surface area contributed by atoms with Gasteiger partial charge in [-0.15, -0.1) is 0 Å². The topological polar surface area (TPSA) is 170 Å². The molecule has 0 saturated carbocycles. The Kier molecular flexibility index (Phi) is 12.2. The number of unbranched alkanes of at least 4 members (excludes halogenated alkanes) is 3. The monoisotopic (exact) mass is 879 g/mol. The van der Waals surface area contributed by atoms with E-state index in [2.05, 4.69) is 35.5 Å². The van der Waals surface area contributed by atoms with Crippen LogP contribution in [-0.4, -0.2) is 116 Å². The molecule has 5 aliphatic heterocycles. The van der Waals surface area contributed by atoms with Gasteiger partial charge < -0.3 is 25.3 Å². The molecule has 2 aromatic carbocycles. The minimum Gasteiger partial charge on any atom is -0.384 e. The summed E-state index contributed by atoms with van der Waals surface area (Å²) in [7, 11) is 3.41. The van der Waals surface area contributed by atoms with Gasteiger partial charge in [0, 0.05) is 99.6 Å². The van der Waals surface area contributed by atoms with Gasteiger partial charge in [-0.25, -0.2) is 13.6 Å². The molecular weight excluding hydrogens is 825 g/mol.